The van der Waals surface area contributed by atoms with Crippen LogP contribution in [0.1, 0.15) is 5.69 Å². The Morgan fingerprint density at radius 1 is 1.33 bits per heavy atom. The molecule has 4 nitrogen and oxygen atoms in total. The maximum Gasteiger partial charge on any atom is 0.163 e. The Labute approximate surface area is 111 Å². The SMILES string of the molecule is COc1cc(Cl)ccc1-c1nccc(CCN)n1. The molecule has 1 aromatic heterocycles. The van der Waals surface area contributed by atoms with E-state index in [1.807, 2.05) is 12.1 Å². The van der Waals surface area contributed by atoms with Crippen LogP contribution in [0.3, 0.4) is 0 Å². The van der Waals surface area contributed by atoms with Crippen molar-refractivity contribution in [2.24, 2.45) is 5.73 Å². The van der Waals surface area contributed by atoms with Gasteiger partial charge in [-0.2, -0.15) is 0 Å². The highest BCUT2D eigenvalue weighted by Gasteiger charge is 2.09. The normalized spacial score (nSPS) is 10.4. The standard InChI is InChI=1S/C13H14ClN3O/c1-18-12-8-9(14)2-3-11(12)13-16-7-5-10(17-13)4-6-15/h2-3,5,7-8H,4,6,15H2,1H3. The molecular weight excluding hydrogens is 250 g/mol. The highest BCUT2D eigenvalue weighted by atomic mass is 35.5. The molecule has 0 aliphatic rings. The quantitative estimate of drug-likeness (QED) is 0.920. The second kappa shape index (κ2) is 5.80. The zero-order chi connectivity index (χ0) is 13.0. The van der Waals surface area contributed by atoms with Gasteiger partial charge in [-0.3, -0.25) is 0 Å². The summed E-state index contributed by atoms with van der Waals surface area (Å²) in [6, 6.07) is 7.25. The third-order valence-electron chi connectivity index (χ3n) is 2.52. The average molecular weight is 264 g/mol. The van der Waals surface area contributed by atoms with Crippen LogP contribution < -0.4 is 10.5 Å². The summed E-state index contributed by atoms with van der Waals surface area (Å²) in [5, 5.41) is 0.619. The van der Waals surface area contributed by atoms with Gasteiger partial charge >= 0.3 is 0 Å². The maximum atomic E-state index is 5.93. The first-order valence-electron chi connectivity index (χ1n) is 5.60. The van der Waals surface area contributed by atoms with Crippen LogP contribution in [0.5, 0.6) is 5.75 Å². The van der Waals surface area contributed by atoms with Crippen molar-refractivity contribution in [3.05, 3.63) is 41.2 Å². The number of hydrogen-bond donors (Lipinski definition) is 1. The molecule has 0 aliphatic heterocycles. The lowest BCUT2D eigenvalue weighted by atomic mass is 10.2. The van der Waals surface area contributed by atoms with Crippen LogP contribution >= 0.6 is 11.6 Å². The number of methoxy groups -OCH3 is 1. The lowest BCUT2D eigenvalue weighted by Crippen LogP contribution is -2.05. The summed E-state index contributed by atoms with van der Waals surface area (Å²) in [4.78, 5) is 8.71. The van der Waals surface area contributed by atoms with Crippen molar-refractivity contribution >= 4 is 11.6 Å². The number of aromatic nitrogens is 2. The van der Waals surface area contributed by atoms with Crippen LogP contribution in [0, 0.1) is 0 Å². The first-order chi connectivity index (χ1) is 8.74. The summed E-state index contributed by atoms with van der Waals surface area (Å²) in [5.41, 5.74) is 7.26. The third-order valence-corrected chi connectivity index (χ3v) is 2.75. The van der Waals surface area contributed by atoms with Crippen molar-refractivity contribution < 1.29 is 4.74 Å². The van der Waals surface area contributed by atoms with Gasteiger partial charge in [-0.1, -0.05) is 11.6 Å². The zero-order valence-corrected chi connectivity index (χ0v) is 10.8. The van der Waals surface area contributed by atoms with E-state index in [-0.39, 0.29) is 0 Å². The fraction of sp³-hybridized carbons (Fsp3) is 0.231. The fourth-order valence-corrected chi connectivity index (χ4v) is 1.82. The number of ether oxygens (including phenoxy) is 1. The van der Waals surface area contributed by atoms with Crippen LogP contribution in [0.4, 0.5) is 0 Å². The molecule has 0 saturated carbocycles. The Kier molecular flexibility index (Phi) is 4.12. The van der Waals surface area contributed by atoms with Gasteiger partial charge in [0.1, 0.15) is 5.75 Å². The Morgan fingerprint density at radius 3 is 2.89 bits per heavy atom. The van der Waals surface area contributed by atoms with Gasteiger partial charge in [-0.15, -0.1) is 0 Å². The van der Waals surface area contributed by atoms with Crippen LogP contribution in [0.15, 0.2) is 30.5 Å². The summed E-state index contributed by atoms with van der Waals surface area (Å²) in [7, 11) is 1.60. The molecule has 5 heteroatoms. The molecule has 0 aliphatic carbocycles. The largest absolute Gasteiger partial charge is 0.496 e. The van der Waals surface area contributed by atoms with Gasteiger partial charge in [0, 0.05) is 23.3 Å². The second-order valence-electron chi connectivity index (χ2n) is 3.75. The molecule has 18 heavy (non-hydrogen) atoms. The van der Waals surface area contributed by atoms with E-state index >= 15 is 0 Å². The van der Waals surface area contributed by atoms with E-state index in [2.05, 4.69) is 9.97 Å². The highest BCUT2D eigenvalue weighted by molar-refractivity contribution is 6.30. The molecule has 0 amide bonds. The Hall–Kier alpha value is -1.65. The molecule has 0 fully saturated rings. The summed E-state index contributed by atoms with van der Waals surface area (Å²) in [6.45, 7) is 0.564. The van der Waals surface area contributed by atoms with Gasteiger partial charge in [-0.25, -0.2) is 9.97 Å². The molecule has 0 bridgehead atoms. The number of nitrogens with zero attached hydrogens (tertiary/aromatic N) is 2. The summed E-state index contributed by atoms with van der Waals surface area (Å²) < 4.78 is 5.29. The fourth-order valence-electron chi connectivity index (χ4n) is 1.66. The van der Waals surface area contributed by atoms with Crippen molar-refractivity contribution in [1.82, 2.24) is 9.97 Å². The molecule has 0 unspecified atom stereocenters. The second-order valence-corrected chi connectivity index (χ2v) is 4.19. The van der Waals surface area contributed by atoms with Gasteiger partial charge < -0.3 is 10.5 Å². The molecular formula is C13H14ClN3O. The van der Waals surface area contributed by atoms with Gasteiger partial charge in [-0.05, 0) is 30.8 Å². The van der Waals surface area contributed by atoms with Crippen LogP contribution in [-0.4, -0.2) is 23.6 Å². The van der Waals surface area contributed by atoms with Crippen molar-refractivity contribution in [3.8, 4) is 17.1 Å². The van der Waals surface area contributed by atoms with Crippen molar-refractivity contribution in [1.29, 1.82) is 0 Å². The van der Waals surface area contributed by atoms with Gasteiger partial charge in [0.2, 0.25) is 0 Å². The van der Waals surface area contributed by atoms with Crippen LogP contribution in [-0.2, 0) is 6.42 Å². The lowest BCUT2D eigenvalue weighted by Gasteiger charge is -2.08. The van der Waals surface area contributed by atoms with E-state index in [0.29, 0.717) is 23.1 Å². The van der Waals surface area contributed by atoms with Crippen molar-refractivity contribution in [2.45, 2.75) is 6.42 Å². The molecule has 1 aromatic carbocycles. The number of rotatable bonds is 4. The topological polar surface area (TPSA) is 61.0 Å². The predicted octanol–water partition coefficient (Wildman–Crippen LogP) is 2.31. The summed E-state index contributed by atoms with van der Waals surface area (Å²) in [6.07, 6.45) is 2.45. The molecule has 2 aromatic rings. The van der Waals surface area contributed by atoms with Gasteiger partial charge in [0.05, 0.1) is 12.7 Å². The summed E-state index contributed by atoms with van der Waals surface area (Å²) >= 11 is 5.93. The van der Waals surface area contributed by atoms with E-state index in [1.165, 1.54) is 0 Å². The van der Waals surface area contributed by atoms with Crippen LogP contribution in [0.2, 0.25) is 5.02 Å². The van der Waals surface area contributed by atoms with Crippen molar-refractivity contribution in [3.63, 3.8) is 0 Å². The minimum atomic E-state index is 0.564. The van der Waals surface area contributed by atoms with Crippen LogP contribution in [0.25, 0.3) is 11.4 Å². The summed E-state index contributed by atoms with van der Waals surface area (Å²) in [5.74, 6) is 1.28. The number of benzene rings is 1. The van der Waals surface area contributed by atoms with Crippen molar-refractivity contribution in [2.75, 3.05) is 13.7 Å². The van der Waals surface area contributed by atoms with E-state index in [4.69, 9.17) is 22.1 Å². The predicted molar refractivity (Wildman–Crippen MR) is 71.8 cm³/mol. The van der Waals surface area contributed by atoms with E-state index < -0.39 is 0 Å². The monoisotopic (exact) mass is 263 g/mol. The Bertz CT molecular complexity index is 546. The third kappa shape index (κ3) is 2.78. The zero-order valence-electron chi connectivity index (χ0n) is 10.1. The minimum Gasteiger partial charge on any atom is -0.496 e. The number of halogens is 1. The highest BCUT2D eigenvalue weighted by Crippen LogP contribution is 2.30. The molecule has 0 saturated heterocycles. The van der Waals surface area contributed by atoms with Gasteiger partial charge in [0.15, 0.2) is 5.82 Å². The molecule has 94 valence electrons. The number of hydrogen-bond acceptors (Lipinski definition) is 4. The Morgan fingerprint density at radius 2 is 2.17 bits per heavy atom. The first-order valence-corrected chi connectivity index (χ1v) is 5.98. The Balaban J connectivity index is 2.44. The molecule has 0 radical (unpaired) electrons. The van der Waals surface area contributed by atoms with E-state index in [9.17, 15) is 0 Å². The van der Waals surface area contributed by atoms with Gasteiger partial charge in [0.25, 0.3) is 0 Å². The first kappa shape index (κ1) is 12.8. The molecule has 0 atom stereocenters. The minimum absolute atomic E-state index is 0.564. The maximum absolute atomic E-state index is 5.93. The molecule has 2 N–H and O–H groups in total. The van der Waals surface area contributed by atoms with E-state index in [0.717, 1.165) is 17.7 Å². The lowest BCUT2D eigenvalue weighted by molar-refractivity contribution is 0.416. The average Bonchev–Trinajstić information content (AvgIpc) is 2.39. The smallest absolute Gasteiger partial charge is 0.163 e. The molecule has 0 spiro atoms. The molecule has 2 rings (SSSR count). The number of nitrogens with two attached hydrogens (primary N) is 1. The van der Waals surface area contributed by atoms with E-state index in [1.54, 1.807) is 25.4 Å². The molecule has 1 heterocycles.